The van der Waals surface area contributed by atoms with Gasteiger partial charge in [0.1, 0.15) is 22.7 Å². The Morgan fingerprint density at radius 1 is 1.33 bits per heavy atom. The minimum atomic E-state index is -0.389. The van der Waals surface area contributed by atoms with E-state index in [0.29, 0.717) is 32.7 Å². The highest BCUT2D eigenvalue weighted by Gasteiger charge is 2.28. The van der Waals surface area contributed by atoms with E-state index in [-0.39, 0.29) is 18.1 Å². The van der Waals surface area contributed by atoms with Crippen LogP contribution in [0.2, 0.25) is 0 Å². The van der Waals surface area contributed by atoms with Crippen LogP contribution in [0, 0.1) is 0 Å². The number of amides is 1. The lowest BCUT2D eigenvalue weighted by Crippen LogP contribution is -2.42. The van der Waals surface area contributed by atoms with Crippen LogP contribution in [0.1, 0.15) is 30.2 Å². The van der Waals surface area contributed by atoms with Crippen molar-refractivity contribution in [3.05, 3.63) is 35.1 Å². The lowest BCUT2D eigenvalue weighted by molar-refractivity contribution is -0.129. The number of likely N-dealkylation sites (tertiary alicyclic amines) is 1. The highest BCUT2D eigenvalue weighted by atomic mass is 32.1. The number of aromatic nitrogens is 4. The Hall–Kier alpha value is -3.28. The molecule has 2 aliphatic rings. The van der Waals surface area contributed by atoms with E-state index < -0.39 is 0 Å². The first kappa shape index (κ1) is 23.1. The third-order valence-corrected chi connectivity index (χ3v) is 8.16. The summed E-state index contributed by atoms with van der Waals surface area (Å²) in [7, 11) is 0. The van der Waals surface area contributed by atoms with Crippen LogP contribution in [0.5, 0.6) is 5.75 Å². The van der Waals surface area contributed by atoms with Crippen molar-refractivity contribution in [2.75, 3.05) is 31.6 Å². The Morgan fingerprint density at radius 2 is 2.25 bits per heavy atom. The number of ether oxygens (including phenoxy) is 1. The van der Waals surface area contributed by atoms with Gasteiger partial charge in [0.2, 0.25) is 5.91 Å². The molecule has 1 fully saturated rings. The number of H-pyrrole nitrogens is 1. The molecule has 0 spiro atoms. The fourth-order valence-corrected chi connectivity index (χ4v) is 6.43. The molecule has 1 unspecified atom stereocenters. The van der Waals surface area contributed by atoms with Crippen molar-refractivity contribution >= 4 is 49.9 Å². The van der Waals surface area contributed by atoms with Crippen molar-refractivity contribution < 1.29 is 14.6 Å². The highest BCUT2D eigenvalue weighted by molar-refractivity contribution is 7.19. The molecule has 11 heteroatoms. The summed E-state index contributed by atoms with van der Waals surface area (Å²) >= 11 is 1.70. The lowest BCUT2D eigenvalue weighted by atomic mass is 9.93. The number of anilines is 2. The lowest BCUT2D eigenvalue weighted by Gasteiger charge is -2.25. The van der Waals surface area contributed by atoms with Crippen LogP contribution in [-0.4, -0.2) is 74.5 Å². The molecular weight excluding hydrogens is 478 g/mol. The van der Waals surface area contributed by atoms with Gasteiger partial charge in [-0.25, -0.2) is 9.97 Å². The van der Waals surface area contributed by atoms with E-state index in [0.717, 1.165) is 57.6 Å². The molecular formula is C25H29N7O3S. The average molecular weight is 508 g/mol. The van der Waals surface area contributed by atoms with E-state index in [1.165, 1.54) is 10.4 Å². The average Bonchev–Trinajstić information content (AvgIpc) is 3.60. The number of carbonyl (C=O) groups excluding carboxylic acids is 1. The van der Waals surface area contributed by atoms with Gasteiger partial charge < -0.3 is 25.4 Å². The van der Waals surface area contributed by atoms with Gasteiger partial charge in [0.25, 0.3) is 0 Å². The van der Waals surface area contributed by atoms with E-state index in [9.17, 15) is 9.90 Å². The second-order valence-electron chi connectivity index (χ2n) is 9.37. The SMILES string of the molecule is CCOc1cc2[nH]ncc2cc1Nc1ncnc2sc3c(c12)CCC(NCC(=O)N1CC[C@H](O)C1)C3. The van der Waals surface area contributed by atoms with Gasteiger partial charge in [0, 0.05) is 35.5 Å². The van der Waals surface area contributed by atoms with E-state index in [2.05, 4.69) is 30.8 Å². The maximum atomic E-state index is 12.5. The molecule has 4 N–H and O–H groups in total. The second-order valence-corrected chi connectivity index (χ2v) is 10.5. The zero-order valence-corrected chi connectivity index (χ0v) is 20.9. The number of fused-ring (bicyclic) bond motifs is 4. The number of benzene rings is 1. The maximum Gasteiger partial charge on any atom is 0.236 e. The van der Waals surface area contributed by atoms with Gasteiger partial charge >= 0.3 is 0 Å². The van der Waals surface area contributed by atoms with Gasteiger partial charge in [0.15, 0.2) is 0 Å². The van der Waals surface area contributed by atoms with Gasteiger partial charge in [-0.3, -0.25) is 9.89 Å². The largest absolute Gasteiger partial charge is 0.492 e. The predicted molar refractivity (Wildman–Crippen MR) is 139 cm³/mol. The zero-order chi connectivity index (χ0) is 24.6. The number of nitrogens with one attached hydrogen (secondary N) is 3. The summed E-state index contributed by atoms with van der Waals surface area (Å²) in [5, 5.41) is 25.8. The molecule has 1 aliphatic heterocycles. The van der Waals surface area contributed by atoms with Crippen molar-refractivity contribution in [3.8, 4) is 5.75 Å². The molecule has 36 heavy (non-hydrogen) atoms. The third-order valence-electron chi connectivity index (χ3n) is 7.00. The quantitative estimate of drug-likeness (QED) is 0.301. The Bertz CT molecular complexity index is 1420. The summed E-state index contributed by atoms with van der Waals surface area (Å²) in [5.74, 6) is 1.57. The summed E-state index contributed by atoms with van der Waals surface area (Å²) in [6.07, 6.45) is 6.36. The molecule has 1 amide bonds. The number of β-amino-alcohol motifs (C(OH)–C–C–N with tert-alkyl or cyclic N) is 1. The minimum Gasteiger partial charge on any atom is -0.492 e. The van der Waals surface area contributed by atoms with Crippen molar-refractivity contribution in [1.29, 1.82) is 0 Å². The first-order valence-corrected chi connectivity index (χ1v) is 13.2. The highest BCUT2D eigenvalue weighted by Crippen LogP contribution is 2.40. The molecule has 1 aliphatic carbocycles. The number of aryl methyl sites for hydroxylation is 1. The van der Waals surface area contributed by atoms with E-state index in [1.54, 1.807) is 28.8 Å². The van der Waals surface area contributed by atoms with E-state index >= 15 is 0 Å². The molecule has 6 rings (SSSR count). The van der Waals surface area contributed by atoms with Gasteiger partial charge in [-0.05, 0) is 44.2 Å². The molecule has 4 heterocycles. The van der Waals surface area contributed by atoms with Gasteiger partial charge in [0.05, 0.1) is 42.0 Å². The number of rotatable bonds is 7. The van der Waals surface area contributed by atoms with Crippen LogP contribution in [0.3, 0.4) is 0 Å². The number of carbonyl (C=O) groups is 1. The monoisotopic (exact) mass is 507 g/mol. The van der Waals surface area contributed by atoms with Crippen molar-refractivity contribution in [1.82, 2.24) is 30.4 Å². The number of aliphatic hydroxyl groups excluding tert-OH is 1. The molecule has 10 nitrogen and oxygen atoms in total. The molecule has 1 aromatic carbocycles. The van der Waals surface area contributed by atoms with Gasteiger partial charge in [-0.1, -0.05) is 0 Å². The van der Waals surface area contributed by atoms with Crippen molar-refractivity contribution in [3.63, 3.8) is 0 Å². The molecule has 2 atom stereocenters. The molecule has 188 valence electrons. The predicted octanol–water partition coefficient (Wildman–Crippen LogP) is 2.75. The zero-order valence-electron chi connectivity index (χ0n) is 20.1. The third kappa shape index (κ3) is 4.38. The number of aromatic amines is 1. The summed E-state index contributed by atoms with van der Waals surface area (Å²) in [6, 6.07) is 4.21. The van der Waals surface area contributed by atoms with Gasteiger partial charge in [-0.2, -0.15) is 5.10 Å². The molecule has 1 saturated heterocycles. The fourth-order valence-electron chi connectivity index (χ4n) is 5.16. The molecule has 0 bridgehead atoms. The number of aliphatic hydroxyl groups is 1. The smallest absolute Gasteiger partial charge is 0.236 e. The van der Waals surface area contributed by atoms with E-state index in [4.69, 9.17) is 4.74 Å². The molecule has 0 saturated carbocycles. The first-order chi connectivity index (χ1) is 17.6. The Labute approximate surface area is 212 Å². The van der Waals surface area contributed by atoms with Crippen LogP contribution >= 0.6 is 11.3 Å². The van der Waals surface area contributed by atoms with Crippen molar-refractivity contribution in [2.45, 2.75) is 44.8 Å². The fraction of sp³-hybridized carbons (Fsp3) is 0.440. The maximum absolute atomic E-state index is 12.5. The minimum absolute atomic E-state index is 0.0609. The Morgan fingerprint density at radius 3 is 3.08 bits per heavy atom. The van der Waals surface area contributed by atoms with E-state index in [1.807, 2.05) is 19.1 Å². The van der Waals surface area contributed by atoms with Crippen LogP contribution < -0.4 is 15.4 Å². The summed E-state index contributed by atoms with van der Waals surface area (Å²) < 4.78 is 5.89. The number of hydrogen-bond donors (Lipinski definition) is 4. The molecule has 0 radical (unpaired) electrons. The number of nitrogens with zero attached hydrogens (tertiary/aromatic N) is 4. The summed E-state index contributed by atoms with van der Waals surface area (Å²) in [4.78, 5) is 25.6. The number of hydrogen-bond acceptors (Lipinski definition) is 9. The standard InChI is InChI=1S/C25H29N7O3S/c1-2-35-20-9-18-14(10-29-31-18)7-19(20)30-24-23-17-4-3-15(8-21(17)36-25(23)28-13-27-24)26-11-22(34)32-6-5-16(33)12-32/h7,9-10,13,15-16,26,33H,2-6,8,11-12H2,1H3,(H,29,31)(H,27,28,30)/t15?,16-/m0/s1. The molecule has 3 aromatic heterocycles. The summed E-state index contributed by atoms with van der Waals surface area (Å²) in [6.45, 7) is 3.90. The Balaban J connectivity index is 1.22. The summed E-state index contributed by atoms with van der Waals surface area (Å²) in [5.41, 5.74) is 3.04. The second kappa shape index (κ2) is 9.64. The topological polar surface area (TPSA) is 128 Å². The van der Waals surface area contributed by atoms with Gasteiger partial charge in [-0.15, -0.1) is 11.3 Å². The van der Waals surface area contributed by atoms with Crippen LogP contribution in [0.4, 0.5) is 11.5 Å². The Kier molecular flexibility index (Phi) is 6.20. The first-order valence-electron chi connectivity index (χ1n) is 12.4. The van der Waals surface area contributed by atoms with Crippen LogP contribution in [0.25, 0.3) is 21.1 Å². The molecule has 4 aromatic rings. The van der Waals surface area contributed by atoms with Crippen LogP contribution in [-0.2, 0) is 17.6 Å². The van der Waals surface area contributed by atoms with Crippen LogP contribution in [0.15, 0.2) is 24.7 Å². The van der Waals surface area contributed by atoms with Crippen molar-refractivity contribution in [2.24, 2.45) is 0 Å². The number of thiophene rings is 1. The normalized spacial score (nSPS) is 19.7.